The van der Waals surface area contributed by atoms with Crippen molar-refractivity contribution >= 4 is 0 Å². The van der Waals surface area contributed by atoms with E-state index in [1.54, 1.807) is 0 Å². The molecule has 0 aromatic rings. The molecule has 5 fully saturated rings. The van der Waals surface area contributed by atoms with Crippen molar-refractivity contribution in [3.05, 3.63) is 12.2 Å². The monoisotopic (exact) mass is 442 g/mol. The van der Waals surface area contributed by atoms with Gasteiger partial charge in [-0.25, -0.2) is 0 Å². The Morgan fingerprint density at radius 2 is 1.53 bits per heavy atom. The van der Waals surface area contributed by atoms with Crippen molar-refractivity contribution in [1.29, 1.82) is 0 Å². The van der Waals surface area contributed by atoms with Crippen LogP contribution in [0, 0.1) is 50.7 Å². The van der Waals surface area contributed by atoms with Crippen molar-refractivity contribution in [2.45, 2.75) is 124 Å². The van der Waals surface area contributed by atoms with Gasteiger partial charge in [0.2, 0.25) is 0 Å². The molecular formula is C30H50O2. The van der Waals surface area contributed by atoms with Crippen LogP contribution in [0.2, 0.25) is 0 Å². The van der Waals surface area contributed by atoms with Gasteiger partial charge in [0.15, 0.2) is 0 Å². The van der Waals surface area contributed by atoms with Gasteiger partial charge in [0.25, 0.3) is 0 Å². The van der Waals surface area contributed by atoms with Gasteiger partial charge in [-0.15, -0.1) is 0 Å². The zero-order chi connectivity index (χ0) is 23.3. The van der Waals surface area contributed by atoms with Crippen LogP contribution in [0.1, 0.15) is 112 Å². The molecule has 0 aromatic heterocycles. The van der Waals surface area contributed by atoms with Crippen molar-refractivity contribution in [3.8, 4) is 0 Å². The highest BCUT2D eigenvalue weighted by Gasteiger charge is 2.82. The minimum atomic E-state index is -0.334. The maximum absolute atomic E-state index is 10.8. The zero-order valence-electron chi connectivity index (χ0n) is 21.8. The maximum Gasteiger partial charge on any atom is 0.0744 e. The molecule has 2 nitrogen and oxygen atoms in total. The number of fused-ring (bicyclic) bond motifs is 2. The van der Waals surface area contributed by atoms with E-state index in [1.165, 1.54) is 51.4 Å². The summed E-state index contributed by atoms with van der Waals surface area (Å²) in [6.45, 7) is 18.5. The fourth-order valence-corrected chi connectivity index (χ4v) is 11.2. The molecule has 5 rings (SSSR count). The molecular weight excluding hydrogens is 392 g/mol. The molecule has 182 valence electrons. The van der Waals surface area contributed by atoms with E-state index in [0.29, 0.717) is 27.6 Å². The van der Waals surface area contributed by atoms with Gasteiger partial charge in [-0.2, -0.15) is 0 Å². The number of hydrogen-bond donors (Lipinski definition) is 2. The molecule has 32 heavy (non-hydrogen) atoms. The first-order valence-corrected chi connectivity index (χ1v) is 13.9. The molecule has 0 heterocycles. The van der Waals surface area contributed by atoms with E-state index in [1.807, 2.05) is 6.92 Å². The Morgan fingerprint density at radius 1 is 0.875 bits per heavy atom. The van der Waals surface area contributed by atoms with Gasteiger partial charge in [-0.3, -0.25) is 0 Å². The number of aliphatic hydroxyl groups is 2. The smallest absolute Gasteiger partial charge is 0.0744 e. The van der Waals surface area contributed by atoms with Crippen LogP contribution in [-0.4, -0.2) is 22.4 Å². The van der Waals surface area contributed by atoms with Gasteiger partial charge in [-0.1, -0.05) is 46.8 Å². The third-order valence-corrected chi connectivity index (χ3v) is 13.3. The Hall–Kier alpha value is -0.340. The van der Waals surface area contributed by atoms with Crippen LogP contribution in [0.25, 0.3) is 0 Å². The van der Waals surface area contributed by atoms with Crippen LogP contribution in [0.15, 0.2) is 12.2 Å². The Kier molecular flexibility index (Phi) is 5.19. The first-order valence-electron chi connectivity index (χ1n) is 13.9. The number of rotatable bonds is 5. The summed E-state index contributed by atoms with van der Waals surface area (Å²) in [5.41, 5.74) is 3.03. The normalized spacial score (nSPS) is 52.8. The van der Waals surface area contributed by atoms with E-state index >= 15 is 0 Å². The van der Waals surface area contributed by atoms with Gasteiger partial charge in [0, 0.05) is 0 Å². The molecule has 0 bridgehead atoms. The number of aliphatic hydroxyl groups excluding tert-OH is 2. The van der Waals surface area contributed by atoms with Crippen LogP contribution in [-0.2, 0) is 0 Å². The fourth-order valence-electron chi connectivity index (χ4n) is 11.2. The first-order chi connectivity index (χ1) is 14.9. The van der Waals surface area contributed by atoms with Crippen LogP contribution < -0.4 is 0 Å². The third kappa shape index (κ3) is 2.72. The van der Waals surface area contributed by atoms with Crippen LogP contribution in [0.4, 0.5) is 0 Å². The quantitative estimate of drug-likeness (QED) is 0.444. The lowest BCUT2D eigenvalue weighted by Gasteiger charge is -2.63. The summed E-state index contributed by atoms with van der Waals surface area (Å²) < 4.78 is 0. The van der Waals surface area contributed by atoms with Gasteiger partial charge in [0.1, 0.15) is 0 Å². The summed E-state index contributed by atoms with van der Waals surface area (Å²) in [6.07, 6.45) is 13.7. The average Bonchev–Trinajstić information content (AvgIpc) is 3.31. The Morgan fingerprint density at radius 3 is 2.22 bits per heavy atom. The molecule has 0 aromatic carbocycles. The highest BCUT2D eigenvalue weighted by molar-refractivity contribution is 5.30. The number of hydrogen-bond acceptors (Lipinski definition) is 2. The molecule has 5 saturated carbocycles. The summed E-state index contributed by atoms with van der Waals surface area (Å²) in [4.78, 5) is 0. The molecule has 0 amide bonds. The third-order valence-electron chi connectivity index (χ3n) is 13.3. The Balaban J connectivity index is 1.39. The lowest BCUT2D eigenvalue weighted by Crippen LogP contribution is -2.57. The van der Waals surface area contributed by atoms with Crippen molar-refractivity contribution < 1.29 is 10.2 Å². The van der Waals surface area contributed by atoms with E-state index in [2.05, 4.69) is 41.2 Å². The van der Waals surface area contributed by atoms with Crippen molar-refractivity contribution in [3.63, 3.8) is 0 Å². The van der Waals surface area contributed by atoms with E-state index in [9.17, 15) is 10.2 Å². The van der Waals surface area contributed by atoms with Gasteiger partial charge in [0.05, 0.1) is 12.2 Å². The maximum atomic E-state index is 10.8. The summed E-state index contributed by atoms with van der Waals surface area (Å²) in [7, 11) is 0. The van der Waals surface area contributed by atoms with Crippen LogP contribution >= 0.6 is 0 Å². The van der Waals surface area contributed by atoms with Crippen molar-refractivity contribution in [1.82, 2.24) is 0 Å². The summed E-state index contributed by atoms with van der Waals surface area (Å²) in [5.74, 6) is 3.08. The summed E-state index contributed by atoms with van der Waals surface area (Å²) >= 11 is 0. The molecule has 5 aliphatic carbocycles. The second-order valence-electron chi connectivity index (χ2n) is 14.4. The molecule has 2 N–H and O–H groups in total. The van der Waals surface area contributed by atoms with Gasteiger partial charge in [-0.05, 0) is 128 Å². The molecule has 10 atom stereocenters. The molecule has 5 aliphatic rings. The minimum Gasteiger partial charge on any atom is -0.393 e. The highest BCUT2D eigenvalue weighted by atomic mass is 16.3. The Labute approximate surface area is 197 Å². The standard InChI is InChI=1S/C30H50O2/c1-19(2)22(31)9-8-20(3)21-12-14-28(7)24-11-10-23-26(4,5)25(32)13-15-29(23)18-30(24,29)17-16-27(21,28)6/h20-25,31-32H,1,8-18H2,2-7H3/t20-,21+,22+,23-,24-,25-,27+,28-,29+,30-/m0/s1. The van der Waals surface area contributed by atoms with Gasteiger partial charge < -0.3 is 10.2 Å². The van der Waals surface area contributed by atoms with Crippen LogP contribution in [0.5, 0.6) is 0 Å². The molecule has 2 heteroatoms. The summed E-state index contributed by atoms with van der Waals surface area (Å²) in [5, 5.41) is 21.2. The molecule has 2 spiro atoms. The molecule has 0 radical (unpaired) electrons. The second-order valence-corrected chi connectivity index (χ2v) is 14.4. The van der Waals surface area contributed by atoms with Crippen molar-refractivity contribution in [2.75, 3.05) is 0 Å². The van der Waals surface area contributed by atoms with Crippen molar-refractivity contribution in [2.24, 2.45) is 50.7 Å². The van der Waals surface area contributed by atoms with E-state index in [-0.39, 0.29) is 17.6 Å². The second kappa shape index (κ2) is 7.09. The topological polar surface area (TPSA) is 40.5 Å². The lowest BCUT2D eigenvalue weighted by molar-refractivity contribution is -0.161. The van der Waals surface area contributed by atoms with E-state index in [0.717, 1.165) is 42.6 Å². The predicted octanol–water partition coefficient (Wildman–Crippen LogP) is 7.14. The highest BCUT2D eigenvalue weighted by Crippen LogP contribution is 2.89. The predicted molar refractivity (Wildman–Crippen MR) is 132 cm³/mol. The Bertz CT molecular complexity index is 786. The van der Waals surface area contributed by atoms with Gasteiger partial charge >= 0.3 is 0 Å². The summed E-state index contributed by atoms with van der Waals surface area (Å²) in [6, 6.07) is 0. The molecule has 0 aliphatic heterocycles. The first kappa shape index (κ1) is 23.4. The van der Waals surface area contributed by atoms with E-state index < -0.39 is 0 Å². The van der Waals surface area contributed by atoms with E-state index in [4.69, 9.17) is 0 Å². The lowest BCUT2D eigenvalue weighted by atomic mass is 9.41. The largest absolute Gasteiger partial charge is 0.393 e. The fraction of sp³-hybridized carbons (Fsp3) is 0.933. The zero-order valence-corrected chi connectivity index (χ0v) is 21.8. The van der Waals surface area contributed by atoms with Crippen LogP contribution in [0.3, 0.4) is 0 Å². The minimum absolute atomic E-state index is 0.0885. The SMILES string of the molecule is C=C(C)[C@H](O)CC[C@H](C)[C@H]1CC[C@@]2(C)[C@@H]3CC[C@H]4C(C)(C)[C@@H](O)CC[C@@]45C[C@@]35CC[C@]12C. The molecule has 0 unspecified atom stereocenters. The molecule has 0 saturated heterocycles. The average molecular weight is 443 g/mol.